The molecule has 1 aromatic carbocycles. The first-order valence-corrected chi connectivity index (χ1v) is 20.1. The lowest BCUT2D eigenvalue weighted by molar-refractivity contribution is 0.101. The van der Waals surface area contributed by atoms with E-state index in [1.165, 1.54) is 23.6 Å². The molecular formula is C38H50N6O3Si. The van der Waals surface area contributed by atoms with Crippen LogP contribution in [0.2, 0.25) is 18.1 Å². The highest BCUT2D eigenvalue weighted by Gasteiger charge is 2.37. The quantitative estimate of drug-likeness (QED) is 0.148. The average Bonchev–Trinajstić information content (AvgIpc) is 3.53. The number of hydrogen-bond donors (Lipinski definition) is 1. The SMILES string of the molecule is CC(=O)c1c(C)c2cnc(Nc3ccc(N4Cc5ccc(CO[Si](C)(C)C(C)(C)C)cc5CC4(C)C)cn3)nc2n(C2CCCC2)c1=O. The monoisotopic (exact) mass is 666 g/mol. The maximum atomic E-state index is 13.6. The molecule has 254 valence electrons. The van der Waals surface area contributed by atoms with Gasteiger partial charge in [-0.25, -0.2) is 9.97 Å². The van der Waals surface area contributed by atoms with Gasteiger partial charge in [0.2, 0.25) is 5.95 Å². The molecule has 4 aromatic rings. The lowest BCUT2D eigenvalue weighted by atomic mass is 9.84. The first-order chi connectivity index (χ1) is 22.6. The standard InChI is InChI=1S/C38H50N6O3Si/c1-24-31-21-40-36(42-34(31)44(29-12-10-11-13-29)35(46)33(24)25(2)45)41-32-17-16-30(20-39-32)43-22-27-15-14-26(18-28(27)19-38(43,6)7)23-47-48(8,9)37(3,4)5/h14-18,20-21,29H,10-13,19,22-23H2,1-9H3,(H,39,40,41,42). The predicted molar refractivity (Wildman–Crippen MR) is 196 cm³/mol. The minimum absolute atomic E-state index is 0.0269. The van der Waals surface area contributed by atoms with Crippen LogP contribution in [0.25, 0.3) is 11.0 Å². The maximum Gasteiger partial charge on any atom is 0.263 e. The van der Waals surface area contributed by atoms with Crippen LogP contribution in [-0.4, -0.2) is 39.2 Å². The van der Waals surface area contributed by atoms with E-state index in [4.69, 9.17) is 14.4 Å². The molecular weight excluding hydrogens is 617 g/mol. The van der Waals surface area contributed by atoms with Crippen molar-refractivity contribution in [3.63, 3.8) is 0 Å². The zero-order valence-corrected chi connectivity index (χ0v) is 31.0. The number of aryl methyl sites for hydroxylation is 1. The number of nitrogens with one attached hydrogen (secondary N) is 1. The summed E-state index contributed by atoms with van der Waals surface area (Å²) in [6, 6.07) is 10.9. The van der Waals surface area contributed by atoms with Gasteiger partial charge in [0.25, 0.3) is 5.56 Å². The van der Waals surface area contributed by atoms with E-state index in [0.29, 0.717) is 29.6 Å². The molecule has 2 aliphatic rings. The second-order valence-corrected chi connectivity index (χ2v) is 20.7. The molecule has 48 heavy (non-hydrogen) atoms. The van der Waals surface area contributed by atoms with E-state index in [9.17, 15) is 9.59 Å². The van der Waals surface area contributed by atoms with Crippen LogP contribution in [0, 0.1) is 6.92 Å². The second kappa shape index (κ2) is 12.5. The van der Waals surface area contributed by atoms with Crippen molar-refractivity contribution in [3.05, 3.63) is 80.9 Å². The number of fused-ring (bicyclic) bond motifs is 2. The fourth-order valence-corrected chi connectivity index (χ4v) is 7.96. The van der Waals surface area contributed by atoms with Gasteiger partial charge in [-0.2, -0.15) is 4.98 Å². The molecule has 3 aromatic heterocycles. The van der Waals surface area contributed by atoms with Crippen molar-refractivity contribution in [1.29, 1.82) is 0 Å². The molecule has 0 atom stereocenters. The number of hydrogen-bond acceptors (Lipinski definition) is 8. The molecule has 1 fully saturated rings. The number of benzene rings is 1. The maximum absolute atomic E-state index is 13.6. The predicted octanol–water partition coefficient (Wildman–Crippen LogP) is 8.42. The molecule has 6 rings (SSSR count). The number of Topliss-reactive ketones (excluding diaryl/α,β-unsaturated/α-hetero) is 1. The summed E-state index contributed by atoms with van der Waals surface area (Å²) in [7, 11) is -1.82. The number of carbonyl (C=O) groups is 1. The van der Waals surface area contributed by atoms with Gasteiger partial charge in [-0.3, -0.25) is 14.2 Å². The van der Waals surface area contributed by atoms with Gasteiger partial charge in [-0.05, 0) is 99.5 Å². The van der Waals surface area contributed by atoms with Crippen LogP contribution in [0.5, 0.6) is 0 Å². The summed E-state index contributed by atoms with van der Waals surface area (Å²) in [6.45, 7) is 20.7. The summed E-state index contributed by atoms with van der Waals surface area (Å²) < 4.78 is 8.25. The molecule has 1 aliphatic heterocycles. The average molecular weight is 667 g/mol. The second-order valence-electron chi connectivity index (χ2n) is 15.9. The number of pyridine rings is 2. The molecule has 0 radical (unpaired) electrons. The van der Waals surface area contributed by atoms with Gasteiger partial charge in [0.15, 0.2) is 14.1 Å². The summed E-state index contributed by atoms with van der Waals surface area (Å²) in [5, 5.41) is 4.16. The minimum Gasteiger partial charge on any atom is -0.413 e. The third-order valence-corrected chi connectivity index (χ3v) is 15.4. The zero-order chi connectivity index (χ0) is 34.6. The Morgan fingerprint density at radius 3 is 2.44 bits per heavy atom. The largest absolute Gasteiger partial charge is 0.413 e. The van der Waals surface area contributed by atoms with Gasteiger partial charge in [0.1, 0.15) is 11.5 Å². The first kappa shape index (κ1) is 34.0. The van der Waals surface area contributed by atoms with Crippen molar-refractivity contribution >= 4 is 42.6 Å². The molecule has 0 saturated heterocycles. The Kier molecular flexibility index (Phi) is 8.87. The summed E-state index contributed by atoms with van der Waals surface area (Å²) in [5.41, 5.74) is 6.06. The van der Waals surface area contributed by atoms with Crippen molar-refractivity contribution in [2.24, 2.45) is 0 Å². The van der Waals surface area contributed by atoms with Crippen molar-refractivity contribution in [2.75, 3.05) is 10.2 Å². The lowest BCUT2D eigenvalue weighted by Gasteiger charge is -2.45. The van der Waals surface area contributed by atoms with E-state index >= 15 is 0 Å². The fraction of sp³-hybridized carbons (Fsp3) is 0.500. The molecule has 0 amide bonds. The summed E-state index contributed by atoms with van der Waals surface area (Å²) in [5.74, 6) is 0.755. The summed E-state index contributed by atoms with van der Waals surface area (Å²) >= 11 is 0. The van der Waals surface area contributed by atoms with Crippen LogP contribution in [0.1, 0.15) is 106 Å². The van der Waals surface area contributed by atoms with Gasteiger partial charge < -0.3 is 14.6 Å². The molecule has 4 heterocycles. The minimum atomic E-state index is -1.82. The number of rotatable bonds is 8. The number of anilines is 3. The van der Waals surface area contributed by atoms with Gasteiger partial charge in [0.05, 0.1) is 24.1 Å². The van der Waals surface area contributed by atoms with Crippen molar-refractivity contribution in [3.8, 4) is 0 Å². The summed E-state index contributed by atoms with van der Waals surface area (Å²) in [6.07, 6.45) is 8.45. The molecule has 0 unspecified atom stereocenters. The van der Waals surface area contributed by atoms with Crippen LogP contribution >= 0.6 is 0 Å². The van der Waals surface area contributed by atoms with Crippen LogP contribution in [0.3, 0.4) is 0 Å². The van der Waals surface area contributed by atoms with Crippen molar-refractivity contribution in [2.45, 2.75) is 123 Å². The van der Waals surface area contributed by atoms with E-state index in [1.54, 1.807) is 17.7 Å². The third-order valence-electron chi connectivity index (χ3n) is 10.9. The molecule has 10 heteroatoms. The number of carbonyl (C=O) groups excluding carboxylic acids is 1. The highest BCUT2D eigenvalue weighted by molar-refractivity contribution is 6.74. The Bertz CT molecular complexity index is 1920. The topological polar surface area (TPSA) is 102 Å². The Labute approximate surface area is 285 Å². The Morgan fingerprint density at radius 2 is 1.79 bits per heavy atom. The number of ketones is 1. The van der Waals surface area contributed by atoms with E-state index in [2.05, 4.69) is 87.2 Å². The Hall–Kier alpha value is -3.89. The van der Waals surface area contributed by atoms with Crippen LogP contribution in [-0.2, 0) is 24.0 Å². The number of nitrogens with zero attached hydrogens (tertiary/aromatic N) is 5. The van der Waals surface area contributed by atoms with E-state index in [1.807, 2.05) is 12.3 Å². The normalized spacial score (nSPS) is 16.7. The molecule has 0 spiro atoms. The van der Waals surface area contributed by atoms with Gasteiger partial charge >= 0.3 is 0 Å². The van der Waals surface area contributed by atoms with Gasteiger partial charge in [0, 0.05) is 29.7 Å². The van der Waals surface area contributed by atoms with E-state index < -0.39 is 8.32 Å². The van der Waals surface area contributed by atoms with Crippen molar-refractivity contribution in [1.82, 2.24) is 19.5 Å². The number of aromatic nitrogens is 4. The van der Waals surface area contributed by atoms with E-state index in [-0.39, 0.29) is 33.5 Å². The molecule has 1 aliphatic carbocycles. The van der Waals surface area contributed by atoms with Crippen LogP contribution in [0.15, 0.2) is 47.5 Å². The Balaban J connectivity index is 1.22. The molecule has 9 nitrogen and oxygen atoms in total. The lowest BCUT2D eigenvalue weighted by Crippen LogP contribution is -2.48. The van der Waals surface area contributed by atoms with Crippen molar-refractivity contribution < 1.29 is 9.22 Å². The fourth-order valence-electron chi connectivity index (χ4n) is 7.00. The molecule has 1 N–H and O–H groups in total. The van der Waals surface area contributed by atoms with Gasteiger partial charge in [-0.15, -0.1) is 0 Å². The highest BCUT2D eigenvalue weighted by Crippen LogP contribution is 2.39. The van der Waals surface area contributed by atoms with E-state index in [0.717, 1.165) is 49.7 Å². The highest BCUT2D eigenvalue weighted by atomic mass is 28.4. The van der Waals surface area contributed by atoms with Crippen LogP contribution in [0.4, 0.5) is 17.5 Å². The Morgan fingerprint density at radius 1 is 1.06 bits per heavy atom. The first-order valence-electron chi connectivity index (χ1n) is 17.2. The van der Waals surface area contributed by atoms with Crippen LogP contribution < -0.4 is 15.8 Å². The summed E-state index contributed by atoms with van der Waals surface area (Å²) in [4.78, 5) is 42.6. The smallest absolute Gasteiger partial charge is 0.263 e. The van der Waals surface area contributed by atoms with Gasteiger partial charge in [-0.1, -0.05) is 51.8 Å². The molecule has 1 saturated carbocycles. The zero-order valence-electron chi connectivity index (χ0n) is 30.0. The third kappa shape index (κ3) is 6.44. The molecule has 0 bridgehead atoms.